The lowest BCUT2D eigenvalue weighted by atomic mass is 10.1. The zero-order valence-corrected chi connectivity index (χ0v) is 15.9. The van der Waals surface area contributed by atoms with E-state index in [2.05, 4.69) is 22.2 Å². The molecule has 1 amide bonds. The molecule has 1 aromatic heterocycles. The summed E-state index contributed by atoms with van der Waals surface area (Å²) < 4.78 is 39.3. The van der Waals surface area contributed by atoms with Crippen molar-refractivity contribution in [3.8, 4) is 5.75 Å². The van der Waals surface area contributed by atoms with Crippen molar-refractivity contribution < 1.29 is 33.3 Å². The molecule has 0 aliphatic carbocycles. The van der Waals surface area contributed by atoms with Crippen LogP contribution < -0.4 is 21.1 Å². The molecule has 1 aromatic carbocycles. The summed E-state index contributed by atoms with van der Waals surface area (Å²) in [5.41, 5.74) is 0.405. The van der Waals surface area contributed by atoms with Crippen molar-refractivity contribution in [1.29, 1.82) is 0 Å². The van der Waals surface area contributed by atoms with Gasteiger partial charge in [0.05, 0.1) is 12.3 Å². The van der Waals surface area contributed by atoms with E-state index in [1.165, 1.54) is 12.1 Å². The van der Waals surface area contributed by atoms with Crippen LogP contribution in [0.4, 0.5) is 20.3 Å². The second-order valence-electron chi connectivity index (χ2n) is 7.01. The summed E-state index contributed by atoms with van der Waals surface area (Å²) in [6.45, 7) is 3.15. The number of halogens is 2. The van der Waals surface area contributed by atoms with Gasteiger partial charge in [-0.25, -0.2) is 4.79 Å². The minimum absolute atomic E-state index is 0.169. The van der Waals surface area contributed by atoms with Crippen molar-refractivity contribution in [2.24, 2.45) is 0 Å². The van der Waals surface area contributed by atoms with Crippen molar-refractivity contribution in [2.45, 2.75) is 24.4 Å². The zero-order chi connectivity index (χ0) is 22.3. The third kappa shape index (κ3) is 3.76. The number of amides is 1. The van der Waals surface area contributed by atoms with Gasteiger partial charge in [0.1, 0.15) is 24.3 Å². The number of alkyl halides is 2. The largest absolute Gasteiger partial charge is 0.485 e. The smallest absolute Gasteiger partial charge is 0.351 e. The Bertz CT molecular complexity index is 1110. The van der Waals surface area contributed by atoms with Gasteiger partial charge in [0.15, 0.2) is 6.10 Å². The number of aliphatic hydroxyl groups excluding tert-OH is 2. The maximum Gasteiger partial charge on any atom is 0.351 e. The minimum Gasteiger partial charge on any atom is -0.485 e. The molecule has 1 saturated heterocycles. The Labute approximate surface area is 173 Å². The number of carbonyl (C=O) groups excluding carboxylic acids is 1. The molecule has 1 unspecified atom stereocenters. The Morgan fingerprint density at radius 1 is 1.42 bits per heavy atom. The van der Waals surface area contributed by atoms with E-state index in [9.17, 15) is 23.5 Å². The molecule has 0 radical (unpaired) electrons. The molecule has 4 rings (SSSR count). The van der Waals surface area contributed by atoms with Crippen LogP contribution in [0, 0.1) is 0 Å². The number of nitrogens with one attached hydrogen (secondary N) is 2. The minimum atomic E-state index is -3.83. The molecule has 2 aromatic rings. The Morgan fingerprint density at radius 3 is 2.87 bits per heavy atom. The Morgan fingerprint density at radius 2 is 2.19 bits per heavy atom. The summed E-state index contributed by atoms with van der Waals surface area (Å²) in [7, 11) is 0. The fourth-order valence-corrected chi connectivity index (χ4v) is 3.25. The first-order valence-corrected chi connectivity index (χ1v) is 9.15. The highest BCUT2D eigenvalue weighted by Crippen LogP contribution is 2.42. The van der Waals surface area contributed by atoms with Crippen LogP contribution in [0.1, 0.15) is 16.6 Å². The molecule has 1 fully saturated rings. The molecule has 0 saturated carbocycles. The normalized spacial score (nSPS) is 24.1. The number of rotatable bonds is 4. The Balaban J connectivity index is 1.52. The van der Waals surface area contributed by atoms with Crippen molar-refractivity contribution in [1.82, 2.24) is 9.55 Å². The number of ether oxygens (including phenoxy) is 2. The molecule has 2 aliphatic rings. The molecule has 10 nitrogen and oxygen atoms in total. The van der Waals surface area contributed by atoms with Crippen molar-refractivity contribution in [3.63, 3.8) is 0 Å². The van der Waals surface area contributed by atoms with E-state index in [0.717, 1.165) is 12.3 Å². The lowest BCUT2D eigenvalue weighted by Gasteiger charge is -2.21. The van der Waals surface area contributed by atoms with Crippen LogP contribution in [0.15, 0.2) is 47.5 Å². The fourth-order valence-electron chi connectivity index (χ4n) is 3.25. The molecule has 12 heteroatoms. The molecule has 31 heavy (non-hydrogen) atoms. The first kappa shape index (κ1) is 20.9. The second-order valence-corrected chi connectivity index (χ2v) is 7.01. The number of aromatic nitrogens is 2. The molecule has 4 N–H and O–H groups in total. The highest BCUT2D eigenvalue weighted by atomic mass is 19.3. The standard InChI is InChI=1S/C19H18F2N4O6/c1-9-8-30-12-6-10(2-3-11(12)22-9)16(28)23-14-4-5-25(18(29)24-14)17-19(20,21)15(27)13(7-26)31-17/h2-6,13,15,17,22,26-27H,1,7-8H2,(H,23,24,28,29)/t13-,15-,17?/m1/s1. The predicted molar refractivity (Wildman–Crippen MR) is 103 cm³/mol. The summed E-state index contributed by atoms with van der Waals surface area (Å²) >= 11 is 0. The third-order valence-electron chi connectivity index (χ3n) is 4.84. The first-order chi connectivity index (χ1) is 14.7. The Hall–Kier alpha value is -3.35. The molecule has 164 valence electrons. The zero-order valence-electron chi connectivity index (χ0n) is 15.9. The van der Waals surface area contributed by atoms with E-state index in [1.54, 1.807) is 6.07 Å². The quantitative estimate of drug-likeness (QED) is 0.550. The Kier molecular flexibility index (Phi) is 5.21. The molecule has 2 aliphatic heterocycles. The van der Waals surface area contributed by atoms with Crippen LogP contribution in [-0.4, -0.2) is 57.0 Å². The maximum absolute atomic E-state index is 14.2. The summed E-state index contributed by atoms with van der Waals surface area (Å²) in [6.07, 6.45) is -5.03. The van der Waals surface area contributed by atoms with E-state index >= 15 is 0 Å². The number of hydrogen-bond donors (Lipinski definition) is 4. The number of carbonyl (C=O) groups is 1. The van der Waals surface area contributed by atoms with Crippen LogP contribution in [0.2, 0.25) is 0 Å². The van der Waals surface area contributed by atoms with E-state index < -0.39 is 42.6 Å². The lowest BCUT2D eigenvalue weighted by Crippen LogP contribution is -2.41. The van der Waals surface area contributed by atoms with Crippen molar-refractivity contribution >= 4 is 17.4 Å². The van der Waals surface area contributed by atoms with Gasteiger partial charge in [-0.15, -0.1) is 0 Å². The van der Waals surface area contributed by atoms with Crippen LogP contribution in [0.3, 0.4) is 0 Å². The van der Waals surface area contributed by atoms with Crippen molar-refractivity contribution in [2.75, 3.05) is 23.8 Å². The monoisotopic (exact) mass is 436 g/mol. The number of nitrogens with zero attached hydrogens (tertiary/aromatic N) is 2. The SMILES string of the molecule is C=C1COc2cc(C(=O)Nc3ccn(C4O[C@H](CO)[C@@H](O)C4(F)F)c(=O)n3)ccc2N1. The number of anilines is 2. The van der Waals surface area contributed by atoms with Gasteiger partial charge in [0.2, 0.25) is 6.23 Å². The number of hydrogen-bond acceptors (Lipinski definition) is 8. The highest BCUT2D eigenvalue weighted by molar-refractivity contribution is 6.04. The molecule has 0 spiro atoms. The molecule has 0 bridgehead atoms. The first-order valence-electron chi connectivity index (χ1n) is 9.15. The second kappa shape index (κ2) is 7.72. The van der Waals surface area contributed by atoms with Crippen molar-refractivity contribution in [3.05, 3.63) is 58.8 Å². The number of benzene rings is 1. The van der Waals surface area contributed by atoms with Gasteiger partial charge in [-0.3, -0.25) is 9.36 Å². The van der Waals surface area contributed by atoms with Gasteiger partial charge in [-0.2, -0.15) is 13.8 Å². The van der Waals surface area contributed by atoms with E-state index in [-0.39, 0.29) is 18.0 Å². The summed E-state index contributed by atoms with van der Waals surface area (Å²) in [5, 5.41) is 24.1. The summed E-state index contributed by atoms with van der Waals surface area (Å²) in [4.78, 5) is 28.3. The van der Waals surface area contributed by atoms with Gasteiger partial charge in [0.25, 0.3) is 5.91 Å². The van der Waals surface area contributed by atoms with Gasteiger partial charge >= 0.3 is 11.6 Å². The van der Waals surface area contributed by atoms with E-state index in [0.29, 0.717) is 21.7 Å². The average molecular weight is 436 g/mol. The van der Waals surface area contributed by atoms with E-state index in [4.69, 9.17) is 14.6 Å². The predicted octanol–water partition coefficient (Wildman–Crippen LogP) is 0.699. The fraction of sp³-hybridized carbons (Fsp3) is 0.316. The topological polar surface area (TPSA) is 135 Å². The van der Waals surface area contributed by atoms with Gasteiger partial charge in [-0.1, -0.05) is 6.58 Å². The molecular formula is C19H18F2N4O6. The average Bonchev–Trinajstić information content (AvgIpc) is 2.96. The third-order valence-corrected chi connectivity index (χ3v) is 4.84. The van der Waals surface area contributed by atoms with Gasteiger partial charge in [0, 0.05) is 17.5 Å². The highest BCUT2D eigenvalue weighted by Gasteiger charge is 2.59. The molecule has 3 heterocycles. The molecule has 3 atom stereocenters. The number of aliphatic hydroxyl groups is 2. The summed E-state index contributed by atoms with van der Waals surface area (Å²) in [5.74, 6) is -4.15. The summed E-state index contributed by atoms with van der Waals surface area (Å²) in [6, 6.07) is 5.78. The van der Waals surface area contributed by atoms with Crippen LogP contribution in [0.25, 0.3) is 0 Å². The molecular weight excluding hydrogens is 418 g/mol. The maximum atomic E-state index is 14.2. The lowest BCUT2D eigenvalue weighted by molar-refractivity contribution is -0.140. The van der Waals surface area contributed by atoms with Crippen LogP contribution in [-0.2, 0) is 4.74 Å². The van der Waals surface area contributed by atoms with Crippen LogP contribution >= 0.6 is 0 Å². The van der Waals surface area contributed by atoms with Gasteiger partial charge in [-0.05, 0) is 24.3 Å². The number of fused-ring (bicyclic) bond motifs is 1. The van der Waals surface area contributed by atoms with E-state index in [1.807, 2.05) is 0 Å². The van der Waals surface area contributed by atoms with Crippen LogP contribution in [0.5, 0.6) is 5.75 Å². The van der Waals surface area contributed by atoms with Gasteiger partial charge < -0.3 is 30.3 Å².